The first kappa shape index (κ1) is 22.3. The summed E-state index contributed by atoms with van der Waals surface area (Å²) in [5.74, 6) is 0.535. The van der Waals surface area contributed by atoms with Crippen molar-refractivity contribution >= 4 is 26.5 Å². The maximum Gasteiger partial charge on any atom is 0.268 e. The average molecular weight is 483 g/mol. The molecule has 4 nitrogen and oxygen atoms in total. The minimum atomic E-state index is -3.64. The van der Waals surface area contributed by atoms with Crippen LogP contribution in [-0.2, 0) is 22.9 Å². The predicted molar refractivity (Wildman–Crippen MR) is 142 cm³/mol. The standard InChI is InChI=1S/C30H30N2O2S/c33-35(34,26-11-5-2-6-12-26)32-29-14-8-7-13-27(29)28-21-23(15-16-30(28)32)22-31-19-17-25(18-20-31)24-9-3-1-4-10-24/h1-14,17,23H,15-16,18-22H2. The van der Waals surface area contributed by atoms with Crippen molar-refractivity contribution in [1.29, 1.82) is 0 Å². The van der Waals surface area contributed by atoms with Gasteiger partial charge in [-0.3, -0.25) is 4.90 Å². The molecule has 178 valence electrons. The van der Waals surface area contributed by atoms with Crippen LogP contribution in [0.5, 0.6) is 0 Å². The smallest absolute Gasteiger partial charge is 0.268 e. The molecule has 0 N–H and O–H groups in total. The first-order valence-electron chi connectivity index (χ1n) is 12.5. The summed E-state index contributed by atoms with van der Waals surface area (Å²) >= 11 is 0. The van der Waals surface area contributed by atoms with Crippen molar-refractivity contribution in [2.24, 2.45) is 5.92 Å². The van der Waals surface area contributed by atoms with Gasteiger partial charge in [0.2, 0.25) is 0 Å². The maximum absolute atomic E-state index is 13.7. The maximum atomic E-state index is 13.7. The molecule has 5 heteroatoms. The third-order valence-electron chi connectivity index (χ3n) is 7.56. The fraction of sp³-hybridized carbons (Fsp3) is 0.267. The monoisotopic (exact) mass is 482 g/mol. The van der Waals surface area contributed by atoms with Gasteiger partial charge in [-0.1, -0.05) is 72.8 Å². The Kier molecular flexibility index (Phi) is 5.83. The van der Waals surface area contributed by atoms with Crippen molar-refractivity contribution < 1.29 is 8.42 Å². The lowest BCUT2D eigenvalue weighted by Crippen LogP contribution is -2.35. The Labute approximate surface area is 207 Å². The summed E-state index contributed by atoms with van der Waals surface area (Å²) in [5.41, 5.74) is 5.77. The Morgan fingerprint density at radius 3 is 2.29 bits per heavy atom. The van der Waals surface area contributed by atoms with Gasteiger partial charge in [0.05, 0.1) is 10.4 Å². The molecule has 35 heavy (non-hydrogen) atoms. The molecule has 2 heterocycles. The molecule has 1 unspecified atom stereocenters. The molecule has 1 aromatic heterocycles. The van der Waals surface area contributed by atoms with Crippen molar-refractivity contribution in [3.05, 3.63) is 108 Å². The molecule has 0 saturated carbocycles. The van der Waals surface area contributed by atoms with Gasteiger partial charge in [-0.25, -0.2) is 12.4 Å². The second kappa shape index (κ2) is 9.14. The number of aromatic nitrogens is 1. The predicted octanol–water partition coefficient (Wildman–Crippen LogP) is 5.77. The van der Waals surface area contributed by atoms with Gasteiger partial charge >= 0.3 is 0 Å². The second-order valence-corrected chi connectivity index (χ2v) is 11.5. The number of fused-ring (bicyclic) bond motifs is 3. The molecule has 0 amide bonds. The summed E-state index contributed by atoms with van der Waals surface area (Å²) in [6.45, 7) is 3.12. The van der Waals surface area contributed by atoms with E-state index in [0.29, 0.717) is 10.8 Å². The Bertz CT molecular complexity index is 1490. The van der Waals surface area contributed by atoms with E-state index < -0.39 is 10.0 Å². The van der Waals surface area contributed by atoms with Crippen molar-refractivity contribution in [2.45, 2.75) is 30.6 Å². The van der Waals surface area contributed by atoms with E-state index in [-0.39, 0.29) is 0 Å². The lowest BCUT2D eigenvalue weighted by molar-refractivity contribution is 0.238. The Morgan fingerprint density at radius 2 is 1.54 bits per heavy atom. The van der Waals surface area contributed by atoms with Gasteiger partial charge in [-0.05, 0) is 66.5 Å². The number of hydrogen-bond donors (Lipinski definition) is 0. The molecule has 0 saturated heterocycles. The normalized spacial score (nSPS) is 18.9. The van der Waals surface area contributed by atoms with Gasteiger partial charge in [0.25, 0.3) is 10.0 Å². The number of benzene rings is 3. The first-order chi connectivity index (χ1) is 17.1. The van der Waals surface area contributed by atoms with Crippen LogP contribution in [0, 0.1) is 5.92 Å². The molecule has 0 spiro atoms. The topological polar surface area (TPSA) is 42.3 Å². The number of nitrogens with zero attached hydrogens (tertiary/aromatic N) is 2. The van der Waals surface area contributed by atoms with E-state index in [0.717, 1.165) is 61.9 Å². The minimum absolute atomic E-state index is 0.347. The van der Waals surface area contributed by atoms with E-state index in [2.05, 4.69) is 47.4 Å². The lowest BCUT2D eigenvalue weighted by Gasteiger charge is -2.32. The second-order valence-electron chi connectivity index (χ2n) is 9.74. The SMILES string of the molecule is O=S(=O)(c1ccccc1)n1c2c(c3ccccc31)CC(CN1CC=C(c3ccccc3)CC1)CC2. The van der Waals surface area contributed by atoms with Crippen molar-refractivity contribution in [3.8, 4) is 0 Å². The van der Waals surface area contributed by atoms with Crippen molar-refractivity contribution in [3.63, 3.8) is 0 Å². The van der Waals surface area contributed by atoms with Gasteiger partial charge in [0.1, 0.15) is 0 Å². The Morgan fingerprint density at radius 1 is 0.829 bits per heavy atom. The molecule has 3 aromatic carbocycles. The molecule has 0 fully saturated rings. The van der Waals surface area contributed by atoms with Crippen LogP contribution in [0.25, 0.3) is 16.5 Å². The number of para-hydroxylation sites is 1. The minimum Gasteiger partial charge on any atom is -0.299 e. The molecule has 1 aliphatic heterocycles. The molecule has 0 bridgehead atoms. The zero-order valence-electron chi connectivity index (χ0n) is 19.8. The quantitative estimate of drug-likeness (QED) is 0.363. The highest BCUT2D eigenvalue weighted by molar-refractivity contribution is 7.90. The van der Waals surface area contributed by atoms with Crippen LogP contribution in [0.15, 0.2) is 95.9 Å². The zero-order chi connectivity index (χ0) is 23.8. The summed E-state index contributed by atoms with van der Waals surface area (Å²) in [4.78, 5) is 2.90. The molecule has 1 atom stereocenters. The van der Waals surface area contributed by atoms with E-state index in [1.54, 1.807) is 28.2 Å². The number of rotatable bonds is 5. The van der Waals surface area contributed by atoms with Crippen LogP contribution in [0.3, 0.4) is 0 Å². The van der Waals surface area contributed by atoms with Gasteiger partial charge in [0, 0.05) is 30.7 Å². The van der Waals surface area contributed by atoms with Crippen LogP contribution in [0.2, 0.25) is 0 Å². The van der Waals surface area contributed by atoms with Gasteiger partial charge in [0.15, 0.2) is 0 Å². The lowest BCUT2D eigenvalue weighted by atomic mass is 9.85. The van der Waals surface area contributed by atoms with Gasteiger partial charge in [-0.2, -0.15) is 0 Å². The highest BCUT2D eigenvalue weighted by atomic mass is 32.2. The molecule has 2 aliphatic rings. The summed E-state index contributed by atoms with van der Waals surface area (Å²) in [7, 11) is -3.64. The third kappa shape index (κ3) is 4.13. The van der Waals surface area contributed by atoms with E-state index in [4.69, 9.17) is 0 Å². The van der Waals surface area contributed by atoms with Crippen molar-refractivity contribution in [2.75, 3.05) is 19.6 Å². The summed E-state index contributed by atoms with van der Waals surface area (Å²) in [5, 5.41) is 1.08. The van der Waals surface area contributed by atoms with Crippen LogP contribution >= 0.6 is 0 Å². The van der Waals surface area contributed by atoms with E-state index in [9.17, 15) is 8.42 Å². The van der Waals surface area contributed by atoms with E-state index in [1.807, 2.05) is 24.3 Å². The first-order valence-corrected chi connectivity index (χ1v) is 13.9. The largest absolute Gasteiger partial charge is 0.299 e. The summed E-state index contributed by atoms with van der Waals surface area (Å²) in [6, 6.07) is 27.5. The molecule has 1 aliphatic carbocycles. The third-order valence-corrected chi connectivity index (χ3v) is 9.32. The van der Waals surface area contributed by atoms with E-state index >= 15 is 0 Å². The van der Waals surface area contributed by atoms with Gasteiger partial charge in [-0.15, -0.1) is 0 Å². The average Bonchev–Trinajstić information content (AvgIpc) is 3.25. The molecule has 6 rings (SSSR count). The van der Waals surface area contributed by atoms with Crippen molar-refractivity contribution in [1.82, 2.24) is 8.87 Å². The molecule has 4 aromatic rings. The van der Waals surface area contributed by atoms with Crippen LogP contribution in [0.4, 0.5) is 0 Å². The highest BCUT2D eigenvalue weighted by Gasteiger charge is 2.31. The highest BCUT2D eigenvalue weighted by Crippen LogP contribution is 2.37. The molecule has 0 radical (unpaired) electrons. The Balaban J connectivity index is 1.26. The van der Waals surface area contributed by atoms with Gasteiger partial charge < -0.3 is 0 Å². The van der Waals surface area contributed by atoms with E-state index in [1.165, 1.54) is 16.7 Å². The fourth-order valence-electron chi connectivity index (χ4n) is 5.83. The van der Waals surface area contributed by atoms with Crippen LogP contribution in [-0.4, -0.2) is 36.9 Å². The Hall–Kier alpha value is -3.15. The fourth-order valence-corrected chi connectivity index (χ4v) is 7.45. The molecular weight excluding hydrogens is 452 g/mol. The zero-order valence-corrected chi connectivity index (χ0v) is 20.6. The summed E-state index contributed by atoms with van der Waals surface area (Å²) < 4.78 is 29.0. The summed E-state index contributed by atoms with van der Waals surface area (Å²) in [6.07, 6.45) is 6.19. The molecular formula is C30H30N2O2S. The number of hydrogen-bond acceptors (Lipinski definition) is 3. The van der Waals surface area contributed by atoms with Crippen LogP contribution in [0.1, 0.15) is 29.7 Å². The van der Waals surface area contributed by atoms with Crippen LogP contribution < -0.4 is 0 Å².